The Bertz CT molecular complexity index is 813. The molecule has 1 aliphatic heterocycles. The average Bonchev–Trinajstić information content (AvgIpc) is 3.18. The number of nitrogens with two attached hydrogens (primary N) is 1. The van der Waals surface area contributed by atoms with Crippen molar-refractivity contribution in [2.24, 2.45) is 10.8 Å². The van der Waals surface area contributed by atoms with Crippen LogP contribution in [0.5, 0.6) is 0 Å². The lowest BCUT2D eigenvalue weighted by molar-refractivity contribution is -0.130. The monoisotopic (exact) mass is 467 g/mol. The van der Waals surface area contributed by atoms with Crippen LogP contribution in [0.4, 0.5) is 8.78 Å². The van der Waals surface area contributed by atoms with Crippen LogP contribution in [0.15, 0.2) is 58.1 Å². The van der Waals surface area contributed by atoms with Crippen LogP contribution in [0.25, 0.3) is 0 Å². The van der Waals surface area contributed by atoms with E-state index in [-0.39, 0.29) is 24.3 Å². The van der Waals surface area contributed by atoms with E-state index in [0.717, 1.165) is 10.0 Å². The third kappa shape index (κ3) is 7.33. The van der Waals surface area contributed by atoms with Gasteiger partial charge in [0.05, 0.1) is 11.8 Å². The number of benzene rings is 2. The van der Waals surface area contributed by atoms with Crippen LogP contribution in [0.3, 0.4) is 0 Å². The molecule has 29 heavy (non-hydrogen) atoms. The van der Waals surface area contributed by atoms with Crippen molar-refractivity contribution in [3.63, 3.8) is 0 Å². The molecular weight excluding hydrogens is 440 g/mol. The minimum absolute atomic E-state index is 0.139. The van der Waals surface area contributed by atoms with Gasteiger partial charge in [0.2, 0.25) is 5.91 Å². The van der Waals surface area contributed by atoms with Crippen molar-refractivity contribution in [1.82, 2.24) is 5.01 Å². The highest BCUT2D eigenvalue weighted by Crippen LogP contribution is 2.33. The van der Waals surface area contributed by atoms with Gasteiger partial charge in [-0.25, -0.2) is 13.8 Å². The molecule has 2 atom stereocenters. The van der Waals surface area contributed by atoms with E-state index >= 15 is 0 Å². The van der Waals surface area contributed by atoms with Crippen LogP contribution < -0.4 is 5.73 Å². The second-order valence-corrected chi connectivity index (χ2v) is 7.10. The van der Waals surface area contributed by atoms with E-state index in [1.54, 1.807) is 12.1 Å². The largest absolute Gasteiger partial charge is 0.328 e. The van der Waals surface area contributed by atoms with Gasteiger partial charge in [0.15, 0.2) is 0 Å². The Balaban J connectivity index is 0.000000527. The average molecular weight is 468 g/mol. The van der Waals surface area contributed by atoms with Gasteiger partial charge in [0.25, 0.3) is 0 Å². The third-order valence-electron chi connectivity index (χ3n) is 3.98. The molecule has 2 aromatic rings. The maximum atomic E-state index is 14.1. The summed E-state index contributed by atoms with van der Waals surface area (Å²) in [5.74, 6) is -0.488. The van der Waals surface area contributed by atoms with Gasteiger partial charge in [0.1, 0.15) is 12.0 Å². The molecule has 1 aliphatic rings. The summed E-state index contributed by atoms with van der Waals surface area (Å²) in [4.78, 5) is 11.9. The molecule has 0 saturated heterocycles. The van der Waals surface area contributed by atoms with Gasteiger partial charge in [-0.1, -0.05) is 60.1 Å². The highest BCUT2D eigenvalue weighted by Gasteiger charge is 2.32. The smallest absolute Gasteiger partial charge is 0.240 e. The Labute approximate surface area is 179 Å². The van der Waals surface area contributed by atoms with Crippen LogP contribution in [-0.2, 0) is 4.79 Å². The van der Waals surface area contributed by atoms with Crippen LogP contribution in [0, 0.1) is 5.82 Å². The van der Waals surface area contributed by atoms with Gasteiger partial charge in [-0.05, 0) is 30.7 Å². The number of carbonyl (C=O) groups is 1. The molecule has 2 N–H and O–H groups in total. The standard InChI is InChI=1S/C17H14BrFN2O.C3H8FN.C2H6/c1-11(22)21-17(12-5-3-2-4-6-12)10-16(20-21)14-9-13(18)7-8-15(14)19;1-3(4)2-5;1-2/h2-9,17H,10H2,1H3;3H,2,5H2,1H3;1-2H3/t17-;;/m0../s1. The molecular formula is C22H28BrF2N3O. The van der Waals surface area contributed by atoms with Crippen molar-refractivity contribution in [2.45, 2.75) is 46.3 Å². The summed E-state index contributed by atoms with van der Waals surface area (Å²) in [5, 5.41) is 5.79. The Morgan fingerprint density at radius 3 is 2.38 bits per heavy atom. The summed E-state index contributed by atoms with van der Waals surface area (Å²) >= 11 is 3.35. The number of hydrogen-bond donors (Lipinski definition) is 1. The van der Waals surface area contributed by atoms with E-state index in [1.807, 2.05) is 44.2 Å². The summed E-state index contributed by atoms with van der Waals surface area (Å²) < 4.78 is 26.2. The molecule has 0 aliphatic carbocycles. The van der Waals surface area contributed by atoms with Gasteiger partial charge in [-0.3, -0.25) is 4.79 Å². The molecule has 0 aromatic heterocycles. The molecule has 2 aromatic carbocycles. The molecule has 7 heteroatoms. The fraction of sp³-hybridized carbons (Fsp3) is 0.364. The SMILES string of the molecule is CC.CC(=O)N1N=C(c2cc(Br)ccc2F)C[C@H]1c1ccccc1.CC(F)CN. The molecule has 0 radical (unpaired) electrons. The Morgan fingerprint density at radius 1 is 1.28 bits per heavy atom. The molecule has 0 spiro atoms. The van der Waals surface area contributed by atoms with Gasteiger partial charge in [0, 0.05) is 29.9 Å². The minimum Gasteiger partial charge on any atom is -0.328 e. The number of rotatable bonds is 3. The van der Waals surface area contributed by atoms with Crippen LogP contribution in [-0.4, -0.2) is 29.3 Å². The van der Waals surface area contributed by atoms with Crippen molar-refractivity contribution in [3.8, 4) is 0 Å². The molecule has 4 nitrogen and oxygen atoms in total. The van der Waals surface area contributed by atoms with Crippen LogP contribution >= 0.6 is 15.9 Å². The lowest BCUT2D eigenvalue weighted by atomic mass is 9.98. The van der Waals surface area contributed by atoms with Gasteiger partial charge < -0.3 is 5.73 Å². The molecule has 1 amide bonds. The first kappa shape index (κ1) is 24.9. The third-order valence-corrected chi connectivity index (χ3v) is 4.47. The number of nitrogens with zero attached hydrogens (tertiary/aromatic N) is 2. The van der Waals surface area contributed by atoms with E-state index in [9.17, 15) is 13.6 Å². The highest BCUT2D eigenvalue weighted by molar-refractivity contribution is 9.10. The zero-order valence-corrected chi connectivity index (χ0v) is 18.8. The van der Waals surface area contributed by atoms with E-state index in [0.29, 0.717) is 17.7 Å². The first-order valence-electron chi connectivity index (χ1n) is 9.55. The Hall–Kier alpha value is -2.12. The van der Waals surface area contributed by atoms with Crippen molar-refractivity contribution >= 4 is 27.5 Å². The Morgan fingerprint density at radius 2 is 1.86 bits per heavy atom. The summed E-state index contributed by atoms with van der Waals surface area (Å²) in [7, 11) is 0. The van der Waals surface area contributed by atoms with Crippen molar-refractivity contribution < 1.29 is 13.6 Å². The molecule has 0 saturated carbocycles. The van der Waals surface area contributed by atoms with E-state index < -0.39 is 6.17 Å². The van der Waals surface area contributed by atoms with Gasteiger partial charge in [-0.15, -0.1) is 0 Å². The van der Waals surface area contributed by atoms with E-state index in [1.165, 1.54) is 24.9 Å². The quantitative estimate of drug-likeness (QED) is 0.636. The lowest BCUT2D eigenvalue weighted by Crippen LogP contribution is -2.24. The van der Waals surface area contributed by atoms with E-state index in [2.05, 4.69) is 21.0 Å². The summed E-state index contributed by atoms with van der Waals surface area (Å²) in [6.07, 6.45) is -0.341. The molecule has 158 valence electrons. The van der Waals surface area contributed by atoms with Crippen LogP contribution in [0.2, 0.25) is 0 Å². The Kier molecular flexibility index (Phi) is 10.7. The fourth-order valence-corrected chi connectivity index (χ4v) is 2.98. The normalized spacial score (nSPS) is 16.1. The maximum Gasteiger partial charge on any atom is 0.240 e. The number of carbonyl (C=O) groups excluding carboxylic acids is 1. The fourth-order valence-electron chi connectivity index (χ4n) is 2.62. The van der Waals surface area contributed by atoms with Crippen LogP contribution in [0.1, 0.15) is 51.3 Å². The lowest BCUT2D eigenvalue weighted by Gasteiger charge is -2.20. The first-order chi connectivity index (χ1) is 13.8. The summed E-state index contributed by atoms with van der Waals surface area (Å²) in [5.41, 5.74) is 6.80. The van der Waals surface area contributed by atoms with E-state index in [4.69, 9.17) is 5.73 Å². The molecule has 0 bridgehead atoms. The topological polar surface area (TPSA) is 58.7 Å². The predicted octanol–water partition coefficient (Wildman–Crippen LogP) is 5.62. The highest BCUT2D eigenvalue weighted by atomic mass is 79.9. The zero-order valence-electron chi connectivity index (χ0n) is 17.2. The summed E-state index contributed by atoms with van der Waals surface area (Å²) in [6.45, 7) is 7.04. The van der Waals surface area contributed by atoms with Gasteiger partial charge in [-0.2, -0.15) is 5.10 Å². The molecule has 3 rings (SSSR count). The number of amides is 1. The van der Waals surface area contributed by atoms with Crippen molar-refractivity contribution in [2.75, 3.05) is 6.54 Å². The molecule has 0 fully saturated rings. The second-order valence-electron chi connectivity index (χ2n) is 6.18. The van der Waals surface area contributed by atoms with Gasteiger partial charge >= 0.3 is 0 Å². The second kappa shape index (κ2) is 12.4. The molecule has 1 heterocycles. The first-order valence-corrected chi connectivity index (χ1v) is 10.3. The van der Waals surface area contributed by atoms with Crippen molar-refractivity contribution in [1.29, 1.82) is 0 Å². The number of hydrazone groups is 1. The minimum atomic E-state index is -0.838. The molecule has 1 unspecified atom stereocenters. The number of alkyl halides is 1. The summed E-state index contributed by atoms with van der Waals surface area (Å²) in [6, 6.07) is 14.2. The zero-order chi connectivity index (χ0) is 22.0. The van der Waals surface area contributed by atoms with Crippen molar-refractivity contribution in [3.05, 3.63) is 69.9 Å². The maximum absolute atomic E-state index is 14.1. The number of halogens is 3. The predicted molar refractivity (Wildman–Crippen MR) is 118 cm³/mol. The number of hydrogen-bond acceptors (Lipinski definition) is 3.